The molecule has 0 radical (unpaired) electrons. The second-order valence-corrected chi connectivity index (χ2v) is 6.54. The Bertz CT molecular complexity index is 1040. The molecule has 3 rings (SSSR count). The first-order chi connectivity index (χ1) is 14.5. The van der Waals surface area contributed by atoms with Gasteiger partial charge in [0.1, 0.15) is 11.5 Å². The summed E-state index contributed by atoms with van der Waals surface area (Å²) < 4.78 is 0. The Kier molecular flexibility index (Phi) is 6.78. The van der Waals surface area contributed by atoms with Gasteiger partial charge in [0.05, 0.1) is 18.7 Å². The van der Waals surface area contributed by atoms with E-state index in [0.717, 1.165) is 5.56 Å². The Labute approximate surface area is 173 Å². The molecule has 3 aromatic carbocycles. The van der Waals surface area contributed by atoms with Crippen LogP contribution in [0.1, 0.15) is 33.9 Å². The summed E-state index contributed by atoms with van der Waals surface area (Å²) in [6, 6.07) is 21.4. The number of carbonyl (C=O) groups is 2. The number of hydrogen-bond acceptors (Lipinski definition) is 5. The van der Waals surface area contributed by atoms with Crippen molar-refractivity contribution in [2.75, 3.05) is 0 Å². The van der Waals surface area contributed by atoms with Gasteiger partial charge in [-0.3, -0.25) is 9.59 Å². The molecule has 30 heavy (non-hydrogen) atoms. The summed E-state index contributed by atoms with van der Waals surface area (Å²) in [6.45, 7) is 0. The van der Waals surface area contributed by atoms with Crippen molar-refractivity contribution in [3.8, 4) is 11.5 Å². The van der Waals surface area contributed by atoms with Gasteiger partial charge >= 0.3 is 0 Å². The first kappa shape index (κ1) is 20.6. The van der Waals surface area contributed by atoms with Crippen LogP contribution in [0.5, 0.6) is 11.5 Å². The molecule has 0 saturated carbocycles. The third kappa shape index (κ3) is 5.68. The highest BCUT2D eigenvalue weighted by Gasteiger charge is 2.19. The van der Waals surface area contributed by atoms with E-state index in [1.54, 1.807) is 24.3 Å². The second kappa shape index (κ2) is 9.88. The molecule has 0 aliphatic heterocycles. The number of nitrogens with one attached hydrogen (secondary N) is 2. The number of hydrogen-bond donors (Lipinski definition) is 4. The molecule has 0 aliphatic rings. The average molecular weight is 403 g/mol. The van der Waals surface area contributed by atoms with Crippen LogP contribution in [0.2, 0.25) is 0 Å². The van der Waals surface area contributed by atoms with E-state index in [1.165, 1.54) is 24.4 Å². The minimum Gasteiger partial charge on any atom is -0.508 e. The highest BCUT2D eigenvalue weighted by molar-refractivity contribution is 5.94. The van der Waals surface area contributed by atoms with Crippen molar-refractivity contribution in [3.05, 3.63) is 95.6 Å². The predicted molar refractivity (Wildman–Crippen MR) is 113 cm³/mol. The number of benzene rings is 3. The number of amides is 2. The van der Waals surface area contributed by atoms with Gasteiger partial charge in [-0.1, -0.05) is 48.5 Å². The predicted octanol–water partition coefficient (Wildman–Crippen LogP) is 3.11. The first-order valence-electron chi connectivity index (χ1n) is 9.27. The molecule has 1 atom stereocenters. The van der Waals surface area contributed by atoms with Crippen molar-refractivity contribution < 1.29 is 19.8 Å². The average Bonchev–Trinajstić information content (AvgIpc) is 2.76. The molecular weight excluding hydrogens is 382 g/mol. The summed E-state index contributed by atoms with van der Waals surface area (Å²) in [4.78, 5) is 24.9. The number of phenolic OH excluding ortho intramolecular Hbond substituents is 2. The van der Waals surface area contributed by atoms with Crippen molar-refractivity contribution in [1.82, 2.24) is 10.7 Å². The number of nitrogens with zero attached hydrogens (tertiary/aromatic N) is 1. The van der Waals surface area contributed by atoms with E-state index < -0.39 is 11.9 Å². The molecule has 0 heterocycles. The van der Waals surface area contributed by atoms with Crippen LogP contribution in [-0.2, 0) is 4.79 Å². The molecule has 7 nitrogen and oxygen atoms in total. The number of rotatable bonds is 7. The number of phenols is 2. The van der Waals surface area contributed by atoms with Crippen LogP contribution in [0.25, 0.3) is 0 Å². The van der Waals surface area contributed by atoms with Crippen molar-refractivity contribution >= 4 is 18.0 Å². The fraction of sp³-hybridized carbons (Fsp3) is 0.0870. The zero-order valence-corrected chi connectivity index (χ0v) is 16.0. The van der Waals surface area contributed by atoms with E-state index in [2.05, 4.69) is 15.8 Å². The van der Waals surface area contributed by atoms with E-state index in [1.807, 2.05) is 36.4 Å². The Morgan fingerprint density at radius 2 is 1.60 bits per heavy atom. The summed E-state index contributed by atoms with van der Waals surface area (Å²) >= 11 is 0. The molecule has 3 aromatic rings. The fourth-order valence-corrected chi connectivity index (χ4v) is 2.81. The van der Waals surface area contributed by atoms with Gasteiger partial charge in [0.25, 0.3) is 5.91 Å². The molecule has 7 heteroatoms. The standard InChI is InChI=1S/C23H21N3O4/c27-19-12-11-18(21(28)13-19)15-24-26-22(29)14-20(16-7-3-1-4-8-16)25-23(30)17-9-5-2-6-10-17/h1-13,15,20,27-28H,14H2,(H,25,30)(H,26,29)/b24-15+. The van der Waals surface area contributed by atoms with E-state index in [0.29, 0.717) is 11.1 Å². The lowest BCUT2D eigenvalue weighted by atomic mass is 10.0. The maximum absolute atomic E-state index is 12.6. The second-order valence-electron chi connectivity index (χ2n) is 6.54. The van der Waals surface area contributed by atoms with Crippen LogP contribution >= 0.6 is 0 Å². The quantitative estimate of drug-likeness (QED) is 0.359. The third-order valence-corrected chi connectivity index (χ3v) is 4.34. The van der Waals surface area contributed by atoms with Crippen LogP contribution in [0.4, 0.5) is 0 Å². The van der Waals surface area contributed by atoms with Gasteiger partial charge in [-0.25, -0.2) is 5.43 Å². The summed E-state index contributed by atoms with van der Waals surface area (Å²) in [6.07, 6.45) is 1.24. The Morgan fingerprint density at radius 1 is 0.933 bits per heavy atom. The van der Waals surface area contributed by atoms with E-state index >= 15 is 0 Å². The maximum Gasteiger partial charge on any atom is 0.251 e. The van der Waals surface area contributed by atoms with Crippen LogP contribution in [0, 0.1) is 0 Å². The van der Waals surface area contributed by atoms with E-state index in [9.17, 15) is 19.8 Å². The molecule has 0 saturated heterocycles. The van der Waals surface area contributed by atoms with Crippen LogP contribution < -0.4 is 10.7 Å². The summed E-state index contributed by atoms with van der Waals surface area (Å²) in [7, 11) is 0. The van der Waals surface area contributed by atoms with Crippen LogP contribution in [-0.4, -0.2) is 28.2 Å². The number of hydrazone groups is 1. The lowest BCUT2D eigenvalue weighted by Gasteiger charge is -2.18. The highest BCUT2D eigenvalue weighted by atomic mass is 16.3. The molecule has 0 aromatic heterocycles. The molecule has 0 fully saturated rings. The Morgan fingerprint density at radius 3 is 2.27 bits per heavy atom. The molecule has 2 amide bonds. The lowest BCUT2D eigenvalue weighted by molar-refractivity contribution is -0.121. The van der Waals surface area contributed by atoms with E-state index in [-0.39, 0.29) is 23.8 Å². The summed E-state index contributed by atoms with van der Waals surface area (Å²) in [5.74, 6) is -0.930. The van der Waals surface area contributed by atoms with Gasteiger partial charge in [0, 0.05) is 17.2 Å². The minimum atomic E-state index is -0.545. The lowest BCUT2D eigenvalue weighted by Crippen LogP contribution is -2.32. The smallest absolute Gasteiger partial charge is 0.251 e. The number of aromatic hydroxyl groups is 2. The third-order valence-electron chi connectivity index (χ3n) is 4.34. The van der Waals surface area contributed by atoms with Gasteiger partial charge in [0.2, 0.25) is 5.91 Å². The minimum absolute atomic E-state index is 0.0263. The van der Waals surface area contributed by atoms with Gasteiger partial charge < -0.3 is 15.5 Å². The zero-order valence-electron chi connectivity index (χ0n) is 16.0. The monoisotopic (exact) mass is 403 g/mol. The molecule has 0 aliphatic carbocycles. The largest absolute Gasteiger partial charge is 0.508 e. The van der Waals surface area contributed by atoms with Gasteiger partial charge in [-0.05, 0) is 29.8 Å². The molecule has 0 spiro atoms. The highest BCUT2D eigenvalue weighted by Crippen LogP contribution is 2.21. The Hall–Kier alpha value is -4.13. The van der Waals surface area contributed by atoms with Crippen LogP contribution in [0.15, 0.2) is 84.0 Å². The van der Waals surface area contributed by atoms with Crippen molar-refractivity contribution in [2.45, 2.75) is 12.5 Å². The fourth-order valence-electron chi connectivity index (χ4n) is 2.81. The van der Waals surface area contributed by atoms with E-state index in [4.69, 9.17) is 0 Å². The normalized spacial score (nSPS) is 11.7. The SMILES string of the molecule is O=C(CC(NC(=O)c1ccccc1)c1ccccc1)N/N=C/c1ccc(O)cc1O. The molecular formula is C23H21N3O4. The molecule has 0 bridgehead atoms. The van der Waals surface area contributed by atoms with Crippen molar-refractivity contribution in [1.29, 1.82) is 0 Å². The van der Waals surface area contributed by atoms with Gasteiger partial charge in [0.15, 0.2) is 0 Å². The summed E-state index contributed by atoms with van der Waals surface area (Å²) in [5, 5.41) is 25.8. The molecule has 4 N–H and O–H groups in total. The van der Waals surface area contributed by atoms with Crippen molar-refractivity contribution in [2.24, 2.45) is 5.10 Å². The van der Waals surface area contributed by atoms with Crippen molar-refractivity contribution in [3.63, 3.8) is 0 Å². The molecule has 1 unspecified atom stereocenters. The molecule has 152 valence electrons. The first-order valence-corrected chi connectivity index (χ1v) is 9.27. The zero-order chi connectivity index (χ0) is 21.3. The van der Waals surface area contributed by atoms with Gasteiger partial charge in [-0.15, -0.1) is 0 Å². The number of carbonyl (C=O) groups excluding carboxylic acids is 2. The summed E-state index contributed by atoms with van der Waals surface area (Å²) in [5.41, 5.74) is 4.02. The van der Waals surface area contributed by atoms with Gasteiger partial charge in [-0.2, -0.15) is 5.10 Å². The maximum atomic E-state index is 12.6. The van der Waals surface area contributed by atoms with Crippen LogP contribution in [0.3, 0.4) is 0 Å². The topological polar surface area (TPSA) is 111 Å². The Balaban J connectivity index is 1.67.